The Morgan fingerprint density at radius 3 is 1.20 bits per heavy atom. The second-order valence-electron chi connectivity index (χ2n) is 20.0. The third kappa shape index (κ3) is 51.5. The Hall–Kier alpha value is -1.92. The topological polar surface area (TPSA) is 95.9 Å². The van der Waals surface area contributed by atoms with Gasteiger partial charge in [0.25, 0.3) is 0 Å². The molecule has 66 heavy (non-hydrogen) atoms. The minimum Gasteiger partial charge on any atom is -0.466 e. The molecule has 0 bridgehead atoms. The number of unbranched alkanes of at least 4 members (excludes halogenated alkanes) is 37. The van der Waals surface area contributed by atoms with Gasteiger partial charge >= 0.3 is 5.97 Å². The molecule has 0 aromatic rings. The summed E-state index contributed by atoms with van der Waals surface area (Å²) in [5.41, 5.74) is 0. The highest BCUT2D eigenvalue weighted by molar-refractivity contribution is 5.76. The van der Waals surface area contributed by atoms with Crippen molar-refractivity contribution in [3.05, 3.63) is 36.5 Å². The van der Waals surface area contributed by atoms with Crippen LogP contribution in [0.1, 0.15) is 309 Å². The largest absolute Gasteiger partial charge is 0.466 e. The van der Waals surface area contributed by atoms with E-state index in [4.69, 9.17) is 4.74 Å². The number of ether oxygens (including phenoxy) is 1. The van der Waals surface area contributed by atoms with E-state index in [0.717, 1.165) is 51.4 Å². The number of aliphatic hydroxyl groups is 2. The van der Waals surface area contributed by atoms with E-state index in [9.17, 15) is 19.8 Å². The third-order valence-corrected chi connectivity index (χ3v) is 13.4. The standard InChI is InChI=1S/C60H113NO5/c1-3-5-7-9-11-13-15-17-19-21-22-24-25-28-32-36-40-44-48-52-58(63)57(56-62)61-59(64)53-49-45-41-37-33-29-27-31-35-39-43-47-51-55-66-60(65)54-50-46-42-38-34-30-26-23-20-18-16-14-12-10-8-6-4-2/h18,20,29,33,41,45,57-58,62-63H,3-17,19,21-28,30-32,34-40,42-44,46-56H2,1-2H3,(H,61,64)/b20-18-,33-29-,45-41-. The molecule has 0 aliphatic rings. The number of carbonyl (C=O) groups excluding carboxylic acids is 2. The molecule has 0 fully saturated rings. The summed E-state index contributed by atoms with van der Waals surface area (Å²) in [5, 5.41) is 23.2. The molecule has 2 atom stereocenters. The van der Waals surface area contributed by atoms with Crippen molar-refractivity contribution in [2.24, 2.45) is 0 Å². The molecular weight excluding hydrogens is 815 g/mol. The molecule has 0 spiro atoms. The third-order valence-electron chi connectivity index (χ3n) is 13.4. The molecule has 0 heterocycles. The van der Waals surface area contributed by atoms with Crippen LogP contribution in [0.25, 0.3) is 0 Å². The summed E-state index contributed by atoms with van der Waals surface area (Å²) in [6.07, 6.45) is 68.6. The van der Waals surface area contributed by atoms with Crippen LogP contribution >= 0.6 is 0 Å². The first-order valence-corrected chi connectivity index (χ1v) is 29.2. The molecule has 0 radical (unpaired) electrons. The van der Waals surface area contributed by atoms with Crippen molar-refractivity contribution in [3.63, 3.8) is 0 Å². The molecule has 0 aromatic carbocycles. The van der Waals surface area contributed by atoms with E-state index >= 15 is 0 Å². The maximum absolute atomic E-state index is 12.5. The van der Waals surface area contributed by atoms with E-state index < -0.39 is 12.1 Å². The van der Waals surface area contributed by atoms with Crippen molar-refractivity contribution in [1.29, 1.82) is 0 Å². The van der Waals surface area contributed by atoms with Crippen molar-refractivity contribution < 1.29 is 24.5 Å². The predicted octanol–water partition coefficient (Wildman–Crippen LogP) is 18.0. The molecule has 3 N–H and O–H groups in total. The van der Waals surface area contributed by atoms with Crippen molar-refractivity contribution in [2.75, 3.05) is 13.2 Å². The van der Waals surface area contributed by atoms with Crippen LogP contribution in [0.4, 0.5) is 0 Å². The van der Waals surface area contributed by atoms with E-state index in [2.05, 4.69) is 49.5 Å². The van der Waals surface area contributed by atoms with E-state index in [1.807, 2.05) is 6.08 Å². The van der Waals surface area contributed by atoms with Crippen LogP contribution < -0.4 is 5.32 Å². The van der Waals surface area contributed by atoms with Gasteiger partial charge in [-0.25, -0.2) is 0 Å². The summed E-state index contributed by atoms with van der Waals surface area (Å²) in [5.74, 6) is -0.134. The lowest BCUT2D eigenvalue weighted by atomic mass is 10.0. The second kappa shape index (κ2) is 55.7. The van der Waals surface area contributed by atoms with Gasteiger partial charge in [0, 0.05) is 12.8 Å². The Kier molecular flexibility index (Phi) is 54.1. The summed E-state index contributed by atoms with van der Waals surface area (Å²) >= 11 is 0. The number of hydrogen-bond acceptors (Lipinski definition) is 5. The van der Waals surface area contributed by atoms with E-state index in [-0.39, 0.29) is 18.5 Å². The maximum atomic E-state index is 12.5. The zero-order chi connectivity index (χ0) is 47.9. The van der Waals surface area contributed by atoms with Gasteiger partial charge in [0.1, 0.15) is 0 Å². The van der Waals surface area contributed by atoms with Gasteiger partial charge in [-0.2, -0.15) is 0 Å². The van der Waals surface area contributed by atoms with Crippen LogP contribution in [-0.2, 0) is 14.3 Å². The van der Waals surface area contributed by atoms with Crippen LogP contribution in [0, 0.1) is 0 Å². The Labute approximate surface area is 411 Å². The highest BCUT2D eigenvalue weighted by Gasteiger charge is 2.19. The fourth-order valence-corrected chi connectivity index (χ4v) is 8.92. The molecule has 1 amide bonds. The maximum Gasteiger partial charge on any atom is 0.305 e. The molecule has 0 rings (SSSR count). The van der Waals surface area contributed by atoms with Crippen LogP contribution in [0.3, 0.4) is 0 Å². The summed E-state index contributed by atoms with van der Waals surface area (Å²) in [4.78, 5) is 24.5. The van der Waals surface area contributed by atoms with Crippen molar-refractivity contribution in [2.45, 2.75) is 321 Å². The number of rotatable bonds is 54. The highest BCUT2D eigenvalue weighted by atomic mass is 16.5. The Bertz CT molecular complexity index is 1070. The quantitative estimate of drug-likeness (QED) is 0.0321. The van der Waals surface area contributed by atoms with Gasteiger partial charge in [0.15, 0.2) is 0 Å². The lowest BCUT2D eigenvalue weighted by molar-refractivity contribution is -0.143. The number of aliphatic hydroxyl groups excluding tert-OH is 2. The minimum atomic E-state index is -0.700. The molecular formula is C60H113NO5. The fraction of sp³-hybridized carbons (Fsp3) is 0.867. The number of nitrogens with one attached hydrogen (secondary N) is 1. The van der Waals surface area contributed by atoms with E-state index in [0.29, 0.717) is 32.3 Å². The lowest BCUT2D eigenvalue weighted by Crippen LogP contribution is -2.45. The molecule has 0 aromatic heterocycles. The smallest absolute Gasteiger partial charge is 0.305 e. The van der Waals surface area contributed by atoms with Gasteiger partial charge in [-0.1, -0.05) is 262 Å². The first kappa shape index (κ1) is 64.1. The Morgan fingerprint density at radius 2 is 0.773 bits per heavy atom. The molecule has 2 unspecified atom stereocenters. The van der Waals surface area contributed by atoms with Gasteiger partial charge in [-0.15, -0.1) is 0 Å². The van der Waals surface area contributed by atoms with Gasteiger partial charge < -0.3 is 20.3 Å². The lowest BCUT2D eigenvalue weighted by Gasteiger charge is -2.22. The summed E-state index contributed by atoms with van der Waals surface area (Å²) in [6.45, 7) is 4.90. The zero-order valence-electron chi connectivity index (χ0n) is 44.2. The van der Waals surface area contributed by atoms with Crippen LogP contribution in [0.2, 0.25) is 0 Å². The SMILES string of the molecule is CCCCCCCC/C=C\CCCCCCCCCC(=O)OCCCCCCCC/C=C\C/C=C\CCC(=O)NC(CO)C(O)CCCCCCCCCCCCCCCCCCCCC. The van der Waals surface area contributed by atoms with E-state index in [1.54, 1.807) is 0 Å². The van der Waals surface area contributed by atoms with Crippen LogP contribution in [0.15, 0.2) is 36.5 Å². The average molecular weight is 929 g/mol. The molecule has 0 aliphatic carbocycles. The normalized spacial score (nSPS) is 12.8. The second-order valence-corrected chi connectivity index (χ2v) is 20.0. The Morgan fingerprint density at radius 1 is 0.424 bits per heavy atom. The van der Waals surface area contributed by atoms with Crippen LogP contribution in [-0.4, -0.2) is 47.4 Å². The van der Waals surface area contributed by atoms with Gasteiger partial charge in [0.05, 0.1) is 25.4 Å². The first-order valence-electron chi connectivity index (χ1n) is 29.2. The van der Waals surface area contributed by atoms with Gasteiger partial charge in [-0.3, -0.25) is 9.59 Å². The molecule has 0 aliphatic heterocycles. The average Bonchev–Trinajstić information content (AvgIpc) is 3.32. The first-order chi connectivity index (χ1) is 32.5. The fourth-order valence-electron chi connectivity index (χ4n) is 8.92. The van der Waals surface area contributed by atoms with Crippen molar-refractivity contribution >= 4 is 11.9 Å². The number of carbonyl (C=O) groups is 2. The molecule has 0 saturated carbocycles. The Balaban J connectivity index is 3.53. The summed E-state index contributed by atoms with van der Waals surface area (Å²) in [6, 6.07) is -0.586. The monoisotopic (exact) mass is 928 g/mol. The molecule has 388 valence electrons. The van der Waals surface area contributed by atoms with Crippen molar-refractivity contribution in [3.8, 4) is 0 Å². The zero-order valence-corrected chi connectivity index (χ0v) is 44.2. The minimum absolute atomic E-state index is 0.0200. The number of amides is 1. The van der Waals surface area contributed by atoms with E-state index in [1.165, 1.54) is 218 Å². The summed E-state index contributed by atoms with van der Waals surface area (Å²) in [7, 11) is 0. The van der Waals surface area contributed by atoms with Gasteiger partial charge in [-0.05, 0) is 70.6 Å². The highest BCUT2D eigenvalue weighted by Crippen LogP contribution is 2.17. The predicted molar refractivity (Wildman–Crippen MR) is 287 cm³/mol. The van der Waals surface area contributed by atoms with Gasteiger partial charge in [0.2, 0.25) is 5.91 Å². The summed E-state index contributed by atoms with van der Waals surface area (Å²) < 4.78 is 5.47. The van der Waals surface area contributed by atoms with Crippen molar-refractivity contribution in [1.82, 2.24) is 5.32 Å². The number of allylic oxidation sites excluding steroid dienone is 6. The van der Waals surface area contributed by atoms with Crippen LogP contribution in [0.5, 0.6) is 0 Å². The molecule has 0 saturated heterocycles. The number of esters is 1. The molecule has 6 nitrogen and oxygen atoms in total. The molecule has 6 heteroatoms. The number of hydrogen-bond donors (Lipinski definition) is 3.